The molecule has 0 aliphatic rings. The minimum atomic E-state index is -1.87. The average Bonchev–Trinajstić information content (AvgIpc) is 2.21. The molecule has 0 aromatic heterocycles. The second-order valence-corrected chi connectivity index (χ2v) is 10.3. The van der Waals surface area contributed by atoms with Crippen molar-refractivity contribution >= 4 is 13.5 Å². The van der Waals surface area contributed by atoms with E-state index in [1.54, 1.807) is 0 Å². The Hall–Kier alpha value is -0.603. The van der Waals surface area contributed by atoms with Crippen LogP contribution in [-0.2, 0) is 4.43 Å². The van der Waals surface area contributed by atoms with Gasteiger partial charge in [0.15, 0.2) is 0 Å². The molecule has 1 rings (SSSR count). The minimum Gasteiger partial charge on any atom is -0.415 e. The van der Waals surface area contributed by atoms with E-state index in [0.29, 0.717) is 0 Å². The monoisotopic (exact) mass is 236 g/mol. The van der Waals surface area contributed by atoms with E-state index >= 15 is 0 Å². The Morgan fingerprint density at radius 3 is 2.12 bits per heavy atom. The summed E-state index contributed by atoms with van der Waals surface area (Å²) in [7, 11) is 0.0167. The first-order valence-electron chi connectivity index (χ1n) is 6.00. The van der Waals surface area contributed by atoms with E-state index in [-0.39, 0.29) is 5.04 Å². The first-order chi connectivity index (χ1) is 7.39. The van der Waals surface area contributed by atoms with Crippen LogP contribution in [0.5, 0.6) is 0 Å². The molecule has 1 aromatic carbocycles. The van der Waals surface area contributed by atoms with Crippen molar-refractivity contribution in [1.29, 1.82) is 0 Å². The van der Waals surface area contributed by atoms with Gasteiger partial charge in [-0.1, -0.05) is 52.0 Å². The predicted molar refractivity (Wildman–Crippen MR) is 73.8 cm³/mol. The summed E-state index contributed by atoms with van der Waals surface area (Å²) in [5, 5.41) is 1.68. The van der Waals surface area contributed by atoms with Gasteiger partial charge >= 0.3 is 0 Å². The van der Waals surface area contributed by atoms with E-state index in [2.05, 4.69) is 58.9 Å². The molecule has 1 atom stereocenters. The van der Waals surface area contributed by atoms with Crippen molar-refractivity contribution in [2.75, 3.05) is 7.11 Å². The smallest absolute Gasteiger partial charge is 0.228 e. The molecule has 0 amide bonds. The number of hydrogen-bond donors (Lipinski definition) is 0. The molecule has 0 radical (unpaired) electrons. The largest absolute Gasteiger partial charge is 0.415 e. The van der Waals surface area contributed by atoms with Crippen molar-refractivity contribution in [2.24, 2.45) is 0 Å². The van der Waals surface area contributed by atoms with E-state index in [4.69, 9.17) is 4.43 Å². The van der Waals surface area contributed by atoms with E-state index in [1.807, 2.05) is 7.11 Å². The molecule has 0 saturated carbocycles. The molecule has 1 aromatic rings. The summed E-state index contributed by atoms with van der Waals surface area (Å²) >= 11 is 0. The first-order valence-corrected chi connectivity index (χ1v) is 8.12. The highest BCUT2D eigenvalue weighted by Crippen LogP contribution is 2.39. The zero-order chi connectivity index (χ0) is 12.4. The number of hydrogen-bond acceptors (Lipinski definition) is 1. The van der Waals surface area contributed by atoms with Crippen molar-refractivity contribution in [3.8, 4) is 0 Å². The zero-order valence-corrected chi connectivity index (χ0v) is 12.4. The molecule has 1 unspecified atom stereocenters. The van der Waals surface area contributed by atoms with Gasteiger partial charge in [-0.05, 0) is 28.8 Å². The molecular formula is C14H24OSi. The van der Waals surface area contributed by atoms with Gasteiger partial charge in [-0.25, -0.2) is 0 Å². The Bertz CT molecular complexity index is 348. The lowest BCUT2D eigenvalue weighted by Crippen LogP contribution is -2.57. The van der Waals surface area contributed by atoms with Gasteiger partial charge in [0, 0.05) is 7.11 Å². The Morgan fingerprint density at radius 2 is 1.75 bits per heavy atom. The molecule has 0 bridgehead atoms. The fraction of sp³-hybridized carbons (Fsp3) is 0.571. The zero-order valence-electron chi connectivity index (χ0n) is 11.4. The number of aryl methyl sites for hydroxylation is 1. The molecule has 0 N–H and O–H groups in total. The van der Waals surface area contributed by atoms with Crippen molar-refractivity contribution in [2.45, 2.75) is 45.7 Å². The SMILES string of the molecule is CC[Si](OC)(c1ccccc1C)C(C)(C)C. The van der Waals surface area contributed by atoms with Crippen LogP contribution in [0.3, 0.4) is 0 Å². The van der Waals surface area contributed by atoms with E-state index in [9.17, 15) is 0 Å². The van der Waals surface area contributed by atoms with Crippen LogP contribution in [0.2, 0.25) is 11.1 Å². The summed E-state index contributed by atoms with van der Waals surface area (Å²) in [5.41, 5.74) is 1.37. The molecule has 0 aliphatic heterocycles. The molecule has 16 heavy (non-hydrogen) atoms. The molecule has 0 fully saturated rings. The van der Waals surface area contributed by atoms with Gasteiger partial charge in [0.25, 0.3) is 0 Å². The molecule has 0 heterocycles. The van der Waals surface area contributed by atoms with Gasteiger partial charge in [-0.15, -0.1) is 0 Å². The van der Waals surface area contributed by atoms with Crippen LogP contribution in [-0.4, -0.2) is 15.4 Å². The Labute approximate surface area is 101 Å². The van der Waals surface area contributed by atoms with Crippen molar-refractivity contribution in [1.82, 2.24) is 0 Å². The van der Waals surface area contributed by atoms with Crippen LogP contribution in [0.1, 0.15) is 33.3 Å². The topological polar surface area (TPSA) is 9.23 Å². The summed E-state index contributed by atoms with van der Waals surface area (Å²) in [4.78, 5) is 0. The fourth-order valence-corrected chi connectivity index (χ4v) is 7.17. The average molecular weight is 236 g/mol. The van der Waals surface area contributed by atoms with Gasteiger partial charge in [0.1, 0.15) is 0 Å². The van der Waals surface area contributed by atoms with E-state index in [0.717, 1.165) is 6.04 Å². The van der Waals surface area contributed by atoms with Crippen LogP contribution in [0.25, 0.3) is 0 Å². The molecule has 2 heteroatoms. The predicted octanol–water partition coefficient (Wildman–Crippen LogP) is 3.61. The van der Waals surface area contributed by atoms with Gasteiger partial charge in [-0.3, -0.25) is 0 Å². The van der Waals surface area contributed by atoms with Crippen molar-refractivity contribution < 1.29 is 4.43 Å². The quantitative estimate of drug-likeness (QED) is 0.728. The lowest BCUT2D eigenvalue weighted by Gasteiger charge is -2.41. The molecule has 0 spiro atoms. The van der Waals surface area contributed by atoms with Gasteiger partial charge in [0.2, 0.25) is 8.32 Å². The second-order valence-electron chi connectivity index (χ2n) is 5.45. The number of rotatable bonds is 3. The third-order valence-corrected chi connectivity index (χ3v) is 9.18. The fourth-order valence-electron chi connectivity index (χ4n) is 2.71. The summed E-state index contributed by atoms with van der Waals surface area (Å²) in [6.07, 6.45) is 0. The van der Waals surface area contributed by atoms with Crippen LogP contribution in [0.4, 0.5) is 0 Å². The van der Waals surface area contributed by atoms with Crippen LogP contribution in [0.15, 0.2) is 24.3 Å². The molecule has 1 nitrogen and oxygen atoms in total. The maximum absolute atomic E-state index is 6.06. The summed E-state index contributed by atoms with van der Waals surface area (Å²) in [6.45, 7) is 11.4. The highest BCUT2D eigenvalue weighted by Gasteiger charge is 2.46. The lowest BCUT2D eigenvalue weighted by atomic mass is 10.2. The Morgan fingerprint density at radius 1 is 1.19 bits per heavy atom. The molecule has 90 valence electrons. The van der Waals surface area contributed by atoms with Gasteiger partial charge < -0.3 is 4.43 Å². The van der Waals surface area contributed by atoms with Gasteiger partial charge in [-0.2, -0.15) is 0 Å². The van der Waals surface area contributed by atoms with Crippen LogP contribution < -0.4 is 5.19 Å². The van der Waals surface area contributed by atoms with E-state index < -0.39 is 8.32 Å². The third kappa shape index (κ3) is 2.09. The van der Waals surface area contributed by atoms with E-state index in [1.165, 1.54) is 10.8 Å². The highest BCUT2D eigenvalue weighted by atomic mass is 28.4. The molecular weight excluding hydrogens is 212 g/mol. The third-order valence-electron chi connectivity index (χ3n) is 3.64. The summed E-state index contributed by atoms with van der Waals surface area (Å²) in [5.74, 6) is 0. The second kappa shape index (κ2) is 4.72. The molecule has 0 saturated heterocycles. The summed E-state index contributed by atoms with van der Waals surface area (Å²) < 4.78 is 6.06. The normalized spacial score (nSPS) is 15.9. The highest BCUT2D eigenvalue weighted by molar-refractivity contribution is 6.89. The van der Waals surface area contributed by atoms with Crippen molar-refractivity contribution in [3.05, 3.63) is 29.8 Å². The molecule has 0 aliphatic carbocycles. The van der Waals surface area contributed by atoms with Crippen molar-refractivity contribution in [3.63, 3.8) is 0 Å². The lowest BCUT2D eigenvalue weighted by molar-refractivity contribution is 0.373. The first kappa shape index (κ1) is 13.5. The number of benzene rings is 1. The maximum Gasteiger partial charge on any atom is 0.228 e. The Kier molecular flexibility index (Phi) is 3.97. The van der Waals surface area contributed by atoms with Crippen LogP contribution >= 0.6 is 0 Å². The standard InChI is InChI=1S/C14H24OSi/c1-7-16(15-6,14(3,4)5)13-11-9-8-10-12(13)2/h8-11H,7H2,1-6H3. The summed E-state index contributed by atoms with van der Waals surface area (Å²) in [6, 6.07) is 9.80. The maximum atomic E-state index is 6.06. The Balaban J connectivity index is 3.38. The van der Waals surface area contributed by atoms with Gasteiger partial charge in [0.05, 0.1) is 0 Å². The van der Waals surface area contributed by atoms with Crippen LogP contribution in [0, 0.1) is 6.92 Å². The minimum absolute atomic E-state index is 0.225.